The van der Waals surface area contributed by atoms with Crippen LogP contribution in [0.1, 0.15) is 30.0 Å². The fraction of sp³-hybridized carbons (Fsp3) is 0.310. The van der Waals surface area contributed by atoms with Crippen molar-refractivity contribution in [3.63, 3.8) is 0 Å². The van der Waals surface area contributed by atoms with Gasteiger partial charge in [0, 0.05) is 41.6 Å². The molecule has 2 atom stereocenters. The highest BCUT2D eigenvalue weighted by molar-refractivity contribution is 9.10. The normalized spacial score (nSPS) is 18.4. The molecule has 1 aliphatic heterocycles. The van der Waals surface area contributed by atoms with Gasteiger partial charge in [-0.05, 0) is 55.0 Å². The van der Waals surface area contributed by atoms with Gasteiger partial charge in [0.05, 0.1) is 13.7 Å². The molecule has 0 bridgehead atoms. The largest absolute Gasteiger partial charge is 0.496 e. The van der Waals surface area contributed by atoms with Crippen LogP contribution in [0.25, 0.3) is 0 Å². The highest BCUT2D eigenvalue weighted by Gasteiger charge is 2.50. The van der Waals surface area contributed by atoms with E-state index in [1.807, 2.05) is 79.7 Å². The van der Waals surface area contributed by atoms with Crippen LogP contribution in [0.15, 0.2) is 82.3 Å². The van der Waals surface area contributed by atoms with Gasteiger partial charge in [0.2, 0.25) is 5.90 Å². The summed E-state index contributed by atoms with van der Waals surface area (Å²) >= 11 is 3.47. The van der Waals surface area contributed by atoms with Crippen LogP contribution >= 0.6 is 15.9 Å². The maximum atomic E-state index is 13.7. The van der Waals surface area contributed by atoms with Gasteiger partial charge >= 0.3 is 0 Å². The van der Waals surface area contributed by atoms with Gasteiger partial charge in [0.1, 0.15) is 17.6 Å². The zero-order valence-electron chi connectivity index (χ0n) is 21.4. The molecule has 0 saturated heterocycles. The molecule has 9 heteroatoms. The third-order valence-electron chi connectivity index (χ3n) is 6.39. The number of benzene rings is 3. The van der Waals surface area contributed by atoms with E-state index in [2.05, 4.69) is 26.8 Å². The number of aliphatic imine (C=N–C) groups is 1. The molecule has 0 aromatic heterocycles. The number of carbonyl (C=O) groups is 1. The number of methoxy groups -OCH3 is 1. The minimum absolute atomic E-state index is 0.0802. The van der Waals surface area contributed by atoms with Gasteiger partial charge < -0.3 is 19.3 Å². The first-order valence-electron chi connectivity index (χ1n) is 12.5. The van der Waals surface area contributed by atoms with E-state index in [1.54, 1.807) is 7.11 Å². The Hall–Kier alpha value is -3.40. The third kappa shape index (κ3) is 6.53. The summed E-state index contributed by atoms with van der Waals surface area (Å²) in [6.07, 6.45) is 0.401. The molecule has 8 nitrogen and oxygen atoms in total. The second-order valence-corrected chi connectivity index (χ2v) is 9.89. The van der Waals surface area contributed by atoms with Crippen molar-refractivity contribution in [2.75, 3.05) is 20.3 Å². The molecule has 3 aromatic rings. The minimum Gasteiger partial charge on any atom is -0.496 e. The summed E-state index contributed by atoms with van der Waals surface area (Å²) in [6.45, 7) is 2.76. The van der Waals surface area contributed by atoms with Crippen molar-refractivity contribution >= 4 is 27.7 Å². The Morgan fingerprint density at radius 1 is 1.11 bits per heavy atom. The number of nitrogens with one attached hydrogen (secondary N) is 2. The van der Waals surface area contributed by atoms with E-state index < -0.39 is 11.6 Å². The van der Waals surface area contributed by atoms with Crippen LogP contribution in [0, 0.1) is 0 Å². The Kier molecular flexibility index (Phi) is 9.38. The summed E-state index contributed by atoms with van der Waals surface area (Å²) < 4.78 is 18.2. The molecule has 3 aromatic carbocycles. The first-order valence-corrected chi connectivity index (χ1v) is 13.2. The lowest BCUT2D eigenvalue weighted by molar-refractivity contribution is -0.129. The second-order valence-electron chi connectivity index (χ2n) is 8.97. The number of carbonyl (C=O) groups excluding carboxylic acids is 1. The van der Waals surface area contributed by atoms with Crippen molar-refractivity contribution in [2.24, 2.45) is 4.99 Å². The zero-order valence-corrected chi connectivity index (χ0v) is 23.0. The Labute approximate surface area is 231 Å². The Bertz CT molecular complexity index is 1250. The first kappa shape index (κ1) is 27.6. The fourth-order valence-corrected chi connectivity index (χ4v) is 4.50. The molecule has 0 saturated carbocycles. The summed E-state index contributed by atoms with van der Waals surface area (Å²) in [5, 5.41) is 8.95. The molecule has 3 N–H and O–H groups in total. The van der Waals surface area contributed by atoms with Crippen molar-refractivity contribution in [2.45, 2.75) is 38.0 Å². The number of rotatable bonds is 12. The monoisotopic (exact) mass is 581 g/mol. The molecule has 1 amide bonds. The number of halogens is 1. The summed E-state index contributed by atoms with van der Waals surface area (Å²) in [4.78, 5) is 18.6. The van der Waals surface area contributed by atoms with Crippen molar-refractivity contribution in [1.29, 1.82) is 0 Å². The smallest absolute Gasteiger partial charge is 0.266 e. The number of aliphatic hydroxyl groups is 1. The van der Waals surface area contributed by atoms with Gasteiger partial charge in [-0.3, -0.25) is 10.2 Å². The molecule has 0 unspecified atom stereocenters. The topological polar surface area (TPSA) is 101 Å². The number of hydrazine groups is 1. The zero-order chi connectivity index (χ0) is 27.0. The minimum atomic E-state index is -1.19. The van der Waals surface area contributed by atoms with Gasteiger partial charge in [0.25, 0.3) is 5.91 Å². The van der Waals surface area contributed by atoms with Crippen molar-refractivity contribution < 1.29 is 24.1 Å². The van der Waals surface area contributed by atoms with Gasteiger partial charge in [-0.25, -0.2) is 10.4 Å². The maximum Gasteiger partial charge on any atom is 0.266 e. The molecule has 0 fully saturated rings. The summed E-state index contributed by atoms with van der Waals surface area (Å²) in [5.41, 5.74) is 7.33. The quantitative estimate of drug-likeness (QED) is 0.219. The van der Waals surface area contributed by atoms with Crippen LogP contribution in [-0.4, -0.2) is 48.9 Å². The fourth-order valence-electron chi connectivity index (χ4n) is 4.23. The number of ether oxygens (including phenoxy) is 3. The van der Waals surface area contributed by atoms with E-state index >= 15 is 0 Å². The number of amides is 1. The number of aliphatic hydroxyl groups excluding tert-OH is 1. The second kappa shape index (κ2) is 12.9. The van der Waals surface area contributed by atoms with E-state index in [0.29, 0.717) is 37.6 Å². The van der Waals surface area contributed by atoms with Crippen LogP contribution in [-0.2, 0) is 22.5 Å². The van der Waals surface area contributed by atoms with E-state index in [9.17, 15) is 4.79 Å². The molecule has 38 heavy (non-hydrogen) atoms. The van der Waals surface area contributed by atoms with Gasteiger partial charge in [-0.15, -0.1) is 0 Å². The number of hydrogen-bond acceptors (Lipinski definition) is 7. The summed E-state index contributed by atoms with van der Waals surface area (Å²) in [7, 11) is 1.62. The van der Waals surface area contributed by atoms with Gasteiger partial charge in [-0.2, -0.15) is 0 Å². The molecule has 0 aliphatic carbocycles. The lowest BCUT2D eigenvalue weighted by atomic mass is 9.86. The lowest BCUT2D eigenvalue weighted by Gasteiger charge is -2.28. The van der Waals surface area contributed by atoms with E-state index in [0.717, 1.165) is 26.9 Å². The molecular weight excluding hydrogens is 550 g/mol. The number of nitrogens with zero attached hydrogens (tertiary/aromatic N) is 1. The van der Waals surface area contributed by atoms with Crippen molar-refractivity contribution in [3.8, 4) is 11.5 Å². The summed E-state index contributed by atoms with van der Waals surface area (Å²) in [5.74, 6) is 1.53. The molecule has 1 heterocycles. The highest BCUT2D eigenvalue weighted by atomic mass is 79.9. The molecule has 200 valence electrons. The van der Waals surface area contributed by atoms with Crippen LogP contribution in [0.4, 0.5) is 0 Å². The van der Waals surface area contributed by atoms with Crippen LogP contribution in [0.2, 0.25) is 0 Å². The summed E-state index contributed by atoms with van der Waals surface area (Å²) in [6, 6.07) is 22.8. The van der Waals surface area contributed by atoms with Crippen molar-refractivity contribution in [3.05, 3.63) is 94.0 Å². The van der Waals surface area contributed by atoms with Gasteiger partial charge in [0.15, 0.2) is 5.54 Å². The molecule has 4 rings (SSSR count). The Balaban J connectivity index is 1.56. The van der Waals surface area contributed by atoms with E-state index in [1.165, 1.54) is 0 Å². The molecule has 1 aliphatic rings. The van der Waals surface area contributed by atoms with E-state index in [-0.39, 0.29) is 12.5 Å². The van der Waals surface area contributed by atoms with Gasteiger partial charge in [-0.1, -0.05) is 46.3 Å². The van der Waals surface area contributed by atoms with Crippen LogP contribution in [0.5, 0.6) is 11.5 Å². The number of hydrogen-bond donors (Lipinski definition) is 3. The third-order valence-corrected chi connectivity index (χ3v) is 6.92. The van der Waals surface area contributed by atoms with E-state index in [4.69, 9.17) is 24.3 Å². The lowest BCUT2D eigenvalue weighted by Crippen LogP contribution is -2.55. The number of para-hydroxylation sites is 1. The first-order chi connectivity index (χ1) is 18.4. The molecular formula is C29H32BrN3O5. The predicted octanol–water partition coefficient (Wildman–Crippen LogP) is 4.19. The SMILES string of the molecule is COc1ccccc1CNNC(=O)[C@@]1(Cc2ccc(Br)cc2)N=C(c2ccc(OCCCO)cc2)O[C@H]1C. The highest BCUT2D eigenvalue weighted by Crippen LogP contribution is 2.33. The van der Waals surface area contributed by atoms with Crippen molar-refractivity contribution in [1.82, 2.24) is 10.9 Å². The predicted molar refractivity (Wildman–Crippen MR) is 149 cm³/mol. The Morgan fingerprint density at radius 3 is 2.55 bits per heavy atom. The van der Waals surface area contributed by atoms with Crippen LogP contribution < -0.4 is 20.3 Å². The van der Waals surface area contributed by atoms with Crippen LogP contribution in [0.3, 0.4) is 0 Å². The average molecular weight is 582 g/mol. The maximum absolute atomic E-state index is 13.7. The average Bonchev–Trinajstić information content (AvgIpc) is 3.27. The molecule has 0 spiro atoms. The standard InChI is InChI=1S/C29H32BrN3O5/c1-20-29(18-21-8-12-24(30)13-9-21,28(35)33-31-19-23-6-3-4-7-26(23)36-2)32-27(38-20)22-10-14-25(15-11-22)37-17-5-16-34/h3-4,6-15,20,31,34H,5,16-19H2,1-2H3,(H,33,35)/t20-,29-/m0/s1. The Morgan fingerprint density at radius 2 is 1.84 bits per heavy atom. The molecule has 0 radical (unpaired) electrons.